The molecule has 2 N–H and O–H groups in total. The van der Waals surface area contributed by atoms with Crippen LogP contribution in [0.4, 0.5) is 0 Å². The molecule has 2 fully saturated rings. The fraction of sp³-hybridized carbons (Fsp3) is 0.556. The molecule has 3 rings (SSSR count). The molecule has 1 aliphatic carbocycles. The number of hydrogen-bond donors (Lipinski definition) is 2. The van der Waals surface area contributed by atoms with Crippen molar-refractivity contribution in [3.05, 3.63) is 28.2 Å². The standard InChI is InChI=1S/C18H23Cl2N3O2/c1-23-16(24)18(22-17(23)21,10-12-6-3-2-4-7-12)11-25-15-13(19)8-5-9-14(15)20/h5,8-9,12H,2-4,6-7,10-11H2,1H3,(H2,21,22). The van der Waals surface area contributed by atoms with E-state index >= 15 is 0 Å². The first-order chi connectivity index (χ1) is 11.9. The third kappa shape index (κ3) is 3.72. The second kappa shape index (κ2) is 7.42. The number of nitrogens with one attached hydrogen (secondary N) is 2. The van der Waals surface area contributed by atoms with Gasteiger partial charge in [0.2, 0.25) is 0 Å². The number of amides is 1. The highest BCUT2D eigenvalue weighted by Crippen LogP contribution is 2.36. The maximum absolute atomic E-state index is 12.9. The van der Waals surface area contributed by atoms with Crippen LogP contribution < -0.4 is 10.1 Å². The van der Waals surface area contributed by atoms with Gasteiger partial charge in [0.15, 0.2) is 17.2 Å². The molecule has 1 heterocycles. The number of benzene rings is 1. The monoisotopic (exact) mass is 383 g/mol. The first kappa shape index (κ1) is 18.3. The van der Waals surface area contributed by atoms with Gasteiger partial charge in [-0.05, 0) is 24.5 Å². The van der Waals surface area contributed by atoms with Crippen LogP contribution in [0, 0.1) is 11.3 Å². The molecule has 1 unspecified atom stereocenters. The van der Waals surface area contributed by atoms with Crippen LogP contribution in [-0.4, -0.2) is 36.0 Å². The van der Waals surface area contributed by atoms with Gasteiger partial charge in [-0.3, -0.25) is 15.1 Å². The summed E-state index contributed by atoms with van der Waals surface area (Å²) in [5.74, 6) is 0.806. The van der Waals surface area contributed by atoms with Crippen molar-refractivity contribution < 1.29 is 9.53 Å². The summed E-state index contributed by atoms with van der Waals surface area (Å²) < 4.78 is 5.89. The summed E-state index contributed by atoms with van der Waals surface area (Å²) >= 11 is 12.4. The lowest BCUT2D eigenvalue weighted by molar-refractivity contribution is -0.132. The molecule has 0 aromatic heterocycles. The lowest BCUT2D eigenvalue weighted by atomic mass is 9.79. The van der Waals surface area contributed by atoms with Gasteiger partial charge in [-0.25, -0.2) is 0 Å². The summed E-state index contributed by atoms with van der Waals surface area (Å²) in [6.45, 7) is 0.0957. The Morgan fingerprint density at radius 2 is 1.92 bits per heavy atom. The van der Waals surface area contributed by atoms with E-state index < -0.39 is 5.54 Å². The fourth-order valence-corrected chi connectivity index (χ4v) is 4.29. The van der Waals surface area contributed by atoms with Crippen molar-refractivity contribution in [2.75, 3.05) is 13.7 Å². The Balaban J connectivity index is 1.81. The van der Waals surface area contributed by atoms with E-state index in [1.807, 2.05) is 0 Å². The van der Waals surface area contributed by atoms with Gasteiger partial charge < -0.3 is 10.1 Å². The average molecular weight is 384 g/mol. The van der Waals surface area contributed by atoms with E-state index in [9.17, 15) is 4.79 Å². The minimum absolute atomic E-state index is 0.0957. The molecule has 1 aromatic carbocycles. The summed E-state index contributed by atoms with van der Waals surface area (Å²) in [5, 5.41) is 11.9. The maximum Gasteiger partial charge on any atom is 0.258 e. The van der Waals surface area contributed by atoms with Crippen molar-refractivity contribution in [3.63, 3.8) is 0 Å². The number of halogens is 2. The van der Waals surface area contributed by atoms with Crippen molar-refractivity contribution in [1.29, 1.82) is 5.41 Å². The Bertz CT molecular complexity index is 656. The number of nitrogens with zero attached hydrogens (tertiary/aromatic N) is 1. The topological polar surface area (TPSA) is 65.4 Å². The molecule has 1 aliphatic heterocycles. The summed E-state index contributed by atoms with van der Waals surface area (Å²) in [6, 6.07) is 5.15. The first-order valence-electron chi connectivity index (χ1n) is 8.65. The Morgan fingerprint density at radius 1 is 1.28 bits per heavy atom. The molecule has 1 saturated carbocycles. The van der Waals surface area contributed by atoms with Gasteiger partial charge in [-0.1, -0.05) is 61.4 Å². The highest BCUT2D eigenvalue weighted by atomic mass is 35.5. The van der Waals surface area contributed by atoms with E-state index in [0.29, 0.717) is 28.1 Å². The zero-order chi connectivity index (χ0) is 18.0. The van der Waals surface area contributed by atoms with E-state index in [0.717, 1.165) is 12.8 Å². The maximum atomic E-state index is 12.9. The summed E-state index contributed by atoms with van der Waals surface area (Å²) in [6.07, 6.45) is 6.52. The third-order valence-electron chi connectivity index (χ3n) is 5.15. The molecule has 1 atom stereocenters. The van der Waals surface area contributed by atoms with Crippen molar-refractivity contribution in [2.24, 2.45) is 5.92 Å². The lowest BCUT2D eigenvalue weighted by Crippen LogP contribution is -2.53. The molecule has 1 amide bonds. The Hall–Kier alpha value is -1.46. The number of carbonyl (C=O) groups is 1. The molecule has 0 spiro atoms. The minimum atomic E-state index is -0.934. The van der Waals surface area contributed by atoms with Gasteiger partial charge in [-0.2, -0.15) is 0 Å². The third-order valence-corrected chi connectivity index (χ3v) is 5.75. The van der Waals surface area contributed by atoms with Crippen LogP contribution in [0.3, 0.4) is 0 Å². The van der Waals surface area contributed by atoms with Gasteiger partial charge in [0.25, 0.3) is 5.91 Å². The molecule has 1 aromatic rings. The smallest absolute Gasteiger partial charge is 0.258 e. The average Bonchev–Trinajstić information content (AvgIpc) is 2.80. The van der Waals surface area contributed by atoms with E-state index in [1.165, 1.54) is 24.2 Å². The van der Waals surface area contributed by atoms with Gasteiger partial charge in [0, 0.05) is 7.05 Å². The molecule has 0 radical (unpaired) electrons. The number of rotatable bonds is 5. The summed E-state index contributed by atoms with van der Waals surface area (Å²) in [7, 11) is 1.61. The molecular formula is C18H23Cl2N3O2. The SMILES string of the molecule is CN1C(=N)NC(COc2c(Cl)cccc2Cl)(CC2CCCCC2)C1=O. The molecule has 2 aliphatic rings. The number of guanidine groups is 1. The van der Waals surface area contributed by atoms with Crippen molar-refractivity contribution in [1.82, 2.24) is 10.2 Å². The summed E-state index contributed by atoms with van der Waals surface area (Å²) in [4.78, 5) is 14.2. The Labute approximate surface area is 158 Å². The van der Waals surface area contributed by atoms with Crippen LogP contribution in [0.1, 0.15) is 38.5 Å². The second-order valence-electron chi connectivity index (χ2n) is 6.97. The number of para-hydroxylation sites is 1. The lowest BCUT2D eigenvalue weighted by Gasteiger charge is -2.32. The van der Waals surface area contributed by atoms with Crippen LogP contribution in [0.5, 0.6) is 5.75 Å². The predicted molar refractivity (Wildman–Crippen MR) is 99.5 cm³/mol. The largest absolute Gasteiger partial charge is 0.487 e. The normalized spacial score (nSPS) is 24.5. The van der Waals surface area contributed by atoms with E-state index in [1.54, 1.807) is 25.2 Å². The van der Waals surface area contributed by atoms with Crippen molar-refractivity contribution in [2.45, 2.75) is 44.1 Å². The highest BCUT2D eigenvalue weighted by Gasteiger charge is 2.50. The Kier molecular flexibility index (Phi) is 5.44. The molecule has 0 bridgehead atoms. The van der Waals surface area contributed by atoms with Gasteiger partial charge in [-0.15, -0.1) is 0 Å². The second-order valence-corrected chi connectivity index (χ2v) is 7.78. The number of likely N-dealkylation sites (N-methyl/N-ethyl adjacent to an activating group) is 1. The van der Waals surface area contributed by atoms with Gasteiger partial charge >= 0.3 is 0 Å². The van der Waals surface area contributed by atoms with Crippen molar-refractivity contribution in [3.8, 4) is 5.75 Å². The zero-order valence-electron chi connectivity index (χ0n) is 14.3. The van der Waals surface area contributed by atoms with Crippen LogP contribution >= 0.6 is 23.2 Å². The van der Waals surface area contributed by atoms with Crippen LogP contribution in [-0.2, 0) is 4.79 Å². The minimum Gasteiger partial charge on any atom is -0.487 e. The van der Waals surface area contributed by atoms with Crippen LogP contribution in [0.15, 0.2) is 18.2 Å². The molecule has 5 nitrogen and oxygen atoms in total. The van der Waals surface area contributed by atoms with E-state index in [-0.39, 0.29) is 18.5 Å². The van der Waals surface area contributed by atoms with E-state index in [4.69, 9.17) is 33.3 Å². The quantitative estimate of drug-likeness (QED) is 0.804. The number of carbonyl (C=O) groups excluding carboxylic acids is 1. The summed E-state index contributed by atoms with van der Waals surface area (Å²) in [5.41, 5.74) is -0.934. The molecule has 1 saturated heterocycles. The van der Waals surface area contributed by atoms with Crippen LogP contribution in [0.25, 0.3) is 0 Å². The molecule has 136 valence electrons. The van der Waals surface area contributed by atoms with Crippen molar-refractivity contribution >= 4 is 35.1 Å². The zero-order valence-corrected chi connectivity index (χ0v) is 15.8. The highest BCUT2D eigenvalue weighted by molar-refractivity contribution is 6.37. The number of hydrogen-bond acceptors (Lipinski definition) is 3. The van der Waals surface area contributed by atoms with E-state index in [2.05, 4.69) is 5.32 Å². The van der Waals surface area contributed by atoms with Gasteiger partial charge in [0.05, 0.1) is 10.0 Å². The molecular weight excluding hydrogens is 361 g/mol. The van der Waals surface area contributed by atoms with Gasteiger partial charge in [0.1, 0.15) is 6.61 Å². The first-order valence-corrected chi connectivity index (χ1v) is 9.40. The number of ether oxygens (including phenoxy) is 1. The Morgan fingerprint density at radius 3 is 2.48 bits per heavy atom. The fourth-order valence-electron chi connectivity index (χ4n) is 3.78. The molecule has 7 heteroatoms. The predicted octanol–water partition coefficient (Wildman–Crippen LogP) is 4.08. The van der Waals surface area contributed by atoms with Crippen LogP contribution in [0.2, 0.25) is 10.0 Å². The molecule has 25 heavy (non-hydrogen) atoms.